The fourth-order valence-corrected chi connectivity index (χ4v) is 2.08. The monoisotopic (exact) mass is 244 g/mol. The Bertz CT molecular complexity index is 295. The van der Waals surface area contributed by atoms with E-state index in [2.05, 4.69) is 12.2 Å². The second kappa shape index (κ2) is 5.86. The Balaban J connectivity index is 2.40. The highest BCUT2D eigenvalue weighted by molar-refractivity contribution is 5.77. The molecule has 1 heterocycles. The number of hydrogen-bond acceptors (Lipinski definition) is 3. The minimum absolute atomic E-state index is 0.153. The van der Waals surface area contributed by atoms with Crippen LogP contribution in [0.1, 0.15) is 26.7 Å². The topological polar surface area (TPSA) is 89.9 Å². The highest BCUT2D eigenvalue weighted by Crippen LogP contribution is 2.21. The molecular formula is C11H20N2O4. The predicted molar refractivity (Wildman–Crippen MR) is 61.6 cm³/mol. The molecule has 0 radical (unpaired) electrons. The quantitative estimate of drug-likeness (QED) is 0.664. The predicted octanol–water partition coefficient (Wildman–Crippen LogP) is 0.262. The molecule has 0 saturated carbocycles. The zero-order valence-corrected chi connectivity index (χ0v) is 10.2. The third kappa shape index (κ3) is 3.89. The molecule has 0 spiro atoms. The summed E-state index contributed by atoms with van der Waals surface area (Å²) >= 11 is 0. The molecule has 6 heteroatoms. The first kappa shape index (κ1) is 13.8. The van der Waals surface area contributed by atoms with Gasteiger partial charge in [0.05, 0.1) is 6.54 Å². The first-order chi connectivity index (χ1) is 7.91. The molecule has 2 amide bonds. The lowest BCUT2D eigenvalue weighted by molar-refractivity contribution is -0.146. The van der Waals surface area contributed by atoms with Gasteiger partial charge in [0.1, 0.15) is 0 Å². The maximum atomic E-state index is 11.8. The number of nitrogens with zero attached hydrogens (tertiary/aromatic N) is 1. The van der Waals surface area contributed by atoms with Gasteiger partial charge in [-0.05, 0) is 25.7 Å². The fraction of sp³-hybridized carbons (Fsp3) is 0.818. The summed E-state index contributed by atoms with van der Waals surface area (Å²) in [6.45, 7) is 4.55. The first-order valence-electron chi connectivity index (χ1n) is 5.87. The summed E-state index contributed by atoms with van der Waals surface area (Å²) in [6.07, 6.45) is 0.367. The summed E-state index contributed by atoms with van der Waals surface area (Å²) in [6, 6.07) is -0.148. The zero-order chi connectivity index (χ0) is 13.0. The molecule has 3 atom stereocenters. The standard InChI is InChI=1S/C11H20N2O4/c1-7-3-4-13(8(2)5-7)11(17)12-6-9(14)10(15)16/h7-9,14H,3-6H2,1-2H3,(H,12,17)(H,15,16)/t7?,8?,9-/m0/s1. The molecule has 0 bridgehead atoms. The van der Waals surface area contributed by atoms with Gasteiger partial charge in [-0.25, -0.2) is 9.59 Å². The van der Waals surface area contributed by atoms with Gasteiger partial charge >= 0.3 is 12.0 Å². The molecule has 98 valence electrons. The van der Waals surface area contributed by atoms with Crippen LogP contribution < -0.4 is 5.32 Å². The van der Waals surface area contributed by atoms with Crippen LogP contribution in [0.2, 0.25) is 0 Å². The van der Waals surface area contributed by atoms with Crippen LogP contribution >= 0.6 is 0 Å². The molecule has 0 aromatic heterocycles. The Morgan fingerprint density at radius 1 is 1.47 bits per heavy atom. The van der Waals surface area contributed by atoms with Crippen molar-refractivity contribution in [1.82, 2.24) is 10.2 Å². The Labute approximate surface area is 101 Å². The molecule has 2 unspecified atom stereocenters. The summed E-state index contributed by atoms with van der Waals surface area (Å²) in [5.74, 6) is -0.718. The number of likely N-dealkylation sites (tertiary alicyclic amines) is 1. The van der Waals surface area contributed by atoms with Crippen molar-refractivity contribution < 1.29 is 19.8 Å². The maximum Gasteiger partial charge on any atom is 0.334 e. The Morgan fingerprint density at radius 3 is 2.65 bits per heavy atom. The van der Waals surface area contributed by atoms with Crippen LogP contribution in [0, 0.1) is 5.92 Å². The van der Waals surface area contributed by atoms with Crippen LogP contribution in [0.15, 0.2) is 0 Å². The Kier molecular flexibility index (Phi) is 4.74. The average Bonchev–Trinajstić information content (AvgIpc) is 2.25. The van der Waals surface area contributed by atoms with Crippen LogP contribution in [0.4, 0.5) is 4.79 Å². The molecule has 17 heavy (non-hydrogen) atoms. The molecule has 0 aromatic carbocycles. The number of urea groups is 1. The number of rotatable bonds is 3. The van der Waals surface area contributed by atoms with Crippen molar-refractivity contribution in [2.75, 3.05) is 13.1 Å². The maximum absolute atomic E-state index is 11.8. The van der Waals surface area contributed by atoms with Crippen LogP contribution in [-0.4, -0.2) is 52.3 Å². The van der Waals surface area contributed by atoms with Gasteiger partial charge in [-0.1, -0.05) is 6.92 Å². The SMILES string of the molecule is CC1CCN(C(=O)NC[C@H](O)C(=O)O)C(C)C1. The fourth-order valence-electron chi connectivity index (χ4n) is 2.08. The van der Waals surface area contributed by atoms with E-state index in [9.17, 15) is 9.59 Å². The van der Waals surface area contributed by atoms with Gasteiger partial charge in [0.15, 0.2) is 6.10 Å². The van der Waals surface area contributed by atoms with Crippen LogP contribution in [0.3, 0.4) is 0 Å². The van der Waals surface area contributed by atoms with Gasteiger partial charge in [0.25, 0.3) is 0 Å². The smallest absolute Gasteiger partial charge is 0.334 e. The first-order valence-corrected chi connectivity index (χ1v) is 5.87. The average molecular weight is 244 g/mol. The van der Waals surface area contributed by atoms with E-state index in [-0.39, 0.29) is 18.6 Å². The number of carboxylic acids is 1. The van der Waals surface area contributed by atoms with E-state index in [1.54, 1.807) is 4.90 Å². The molecule has 1 rings (SSSR count). The van der Waals surface area contributed by atoms with E-state index in [4.69, 9.17) is 10.2 Å². The van der Waals surface area contributed by atoms with Crippen molar-refractivity contribution in [2.24, 2.45) is 5.92 Å². The molecule has 3 N–H and O–H groups in total. The van der Waals surface area contributed by atoms with E-state index < -0.39 is 12.1 Å². The molecule has 0 aliphatic carbocycles. The molecule has 1 fully saturated rings. The zero-order valence-electron chi connectivity index (χ0n) is 10.2. The van der Waals surface area contributed by atoms with Gasteiger partial charge in [0, 0.05) is 12.6 Å². The Hall–Kier alpha value is -1.30. The van der Waals surface area contributed by atoms with Crippen molar-refractivity contribution in [2.45, 2.75) is 38.8 Å². The number of nitrogens with one attached hydrogen (secondary N) is 1. The van der Waals surface area contributed by atoms with Crippen molar-refractivity contribution in [3.8, 4) is 0 Å². The van der Waals surface area contributed by atoms with E-state index in [0.29, 0.717) is 12.5 Å². The summed E-state index contributed by atoms with van der Waals surface area (Å²) in [5, 5.41) is 20.0. The summed E-state index contributed by atoms with van der Waals surface area (Å²) < 4.78 is 0. The second-order valence-corrected chi connectivity index (χ2v) is 4.71. The number of carbonyl (C=O) groups is 2. The minimum atomic E-state index is -1.54. The van der Waals surface area contributed by atoms with Gasteiger partial charge in [0.2, 0.25) is 0 Å². The lowest BCUT2D eigenvalue weighted by atomic mass is 9.94. The number of piperidine rings is 1. The number of hydrogen-bond donors (Lipinski definition) is 3. The summed E-state index contributed by atoms with van der Waals surface area (Å²) in [4.78, 5) is 23.8. The van der Waals surface area contributed by atoms with Gasteiger partial charge in [-0.15, -0.1) is 0 Å². The number of aliphatic hydroxyl groups is 1. The molecule has 1 aliphatic heterocycles. The largest absolute Gasteiger partial charge is 0.479 e. The number of aliphatic carboxylic acids is 1. The lowest BCUT2D eigenvalue weighted by Crippen LogP contribution is -2.50. The minimum Gasteiger partial charge on any atom is -0.479 e. The van der Waals surface area contributed by atoms with E-state index in [1.807, 2.05) is 6.92 Å². The number of carboxylic acid groups (broad SMARTS) is 1. The second-order valence-electron chi connectivity index (χ2n) is 4.71. The van der Waals surface area contributed by atoms with Gasteiger partial charge in [-0.2, -0.15) is 0 Å². The van der Waals surface area contributed by atoms with Crippen molar-refractivity contribution >= 4 is 12.0 Å². The third-order valence-corrected chi connectivity index (χ3v) is 3.13. The van der Waals surface area contributed by atoms with Crippen LogP contribution in [0.5, 0.6) is 0 Å². The number of aliphatic hydroxyl groups excluding tert-OH is 1. The molecular weight excluding hydrogens is 224 g/mol. The van der Waals surface area contributed by atoms with E-state index in [0.717, 1.165) is 12.8 Å². The van der Waals surface area contributed by atoms with E-state index >= 15 is 0 Å². The van der Waals surface area contributed by atoms with Crippen molar-refractivity contribution in [3.05, 3.63) is 0 Å². The van der Waals surface area contributed by atoms with Gasteiger partial charge < -0.3 is 20.4 Å². The van der Waals surface area contributed by atoms with Gasteiger partial charge in [-0.3, -0.25) is 0 Å². The van der Waals surface area contributed by atoms with Crippen LogP contribution in [-0.2, 0) is 4.79 Å². The summed E-state index contributed by atoms with van der Waals surface area (Å²) in [5.41, 5.74) is 0. The highest BCUT2D eigenvalue weighted by atomic mass is 16.4. The normalized spacial score (nSPS) is 26.4. The van der Waals surface area contributed by atoms with Crippen LogP contribution in [0.25, 0.3) is 0 Å². The lowest BCUT2D eigenvalue weighted by Gasteiger charge is -2.36. The molecule has 1 saturated heterocycles. The van der Waals surface area contributed by atoms with Crippen molar-refractivity contribution in [1.29, 1.82) is 0 Å². The summed E-state index contributed by atoms with van der Waals surface area (Å²) in [7, 11) is 0. The molecule has 0 aromatic rings. The van der Waals surface area contributed by atoms with Crippen molar-refractivity contribution in [3.63, 3.8) is 0 Å². The van der Waals surface area contributed by atoms with E-state index in [1.165, 1.54) is 0 Å². The number of carbonyl (C=O) groups excluding carboxylic acids is 1. The highest BCUT2D eigenvalue weighted by Gasteiger charge is 2.27. The number of amides is 2. The molecule has 6 nitrogen and oxygen atoms in total. The third-order valence-electron chi connectivity index (χ3n) is 3.13. The Morgan fingerprint density at radius 2 is 2.12 bits per heavy atom. The molecule has 1 aliphatic rings.